The summed E-state index contributed by atoms with van der Waals surface area (Å²) >= 11 is 0. The Labute approximate surface area is 68.2 Å². The first-order chi connectivity index (χ1) is 5.18. The fourth-order valence-electron chi connectivity index (χ4n) is 2.59. The molecule has 1 N–H and O–H groups in total. The minimum absolute atomic E-state index is 0.00926. The summed E-state index contributed by atoms with van der Waals surface area (Å²) < 4.78 is 0. The number of rotatable bonds is 1. The molecule has 3 atom stereocenters. The highest BCUT2D eigenvalue weighted by molar-refractivity contribution is 4.98. The molecule has 1 heterocycles. The van der Waals surface area contributed by atoms with Crippen molar-refractivity contribution >= 4 is 0 Å². The van der Waals surface area contributed by atoms with E-state index in [9.17, 15) is 5.11 Å². The molecule has 0 radical (unpaired) electrons. The summed E-state index contributed by atoms with van der Waals surface area (Å²) in [5.41, 5.74) is 0. The summed E-state index contributed by atoms with van der Waals surface area (Å²) in [5.74, 6) is 0.586. The number of nitrogens with zero attached hydrogens (tertiary/aromatic N) is 1. The molecule has 0 spiro atoms. The molecular weight excluding hydrogens is 138 g/mol. The Morgan fingerprint density at radius 1 is 1.36 bits per heavy atom. The van der Waals surface area contributed by atoms with E-state index in [1.165, 1.54) is 6.42 Å². The lowest BCUT2D eigenvalue weighted by molar-refractivity contribution is 0.0612. The number of hydrogen-bond acceptors (Lipinski definition) is 2. The van der Waals surface area contributed by atoms with E-state index in [4.69, 9.17) is 0 Å². The van der Waals surface area contributed by atoms with Crippen molar-refractivity contribution in [3.05, 3.63) is 0 Å². The zero-order valence-corrected chi connectivity index (χ0v) is 7.33. The molecule has 0 aromatic heterocycles. The van der Waals surface area contributed by atoms with E-state index < -0.39 is 0 Å². The average molecular weight is 155 g/mol. The van der Waals surface area contributed by atoms with Gasteiger partial charge in [-0.25, -0.2) is 0 Å². The van der Waals surface area contributed by atoms with Crippen LogP contribution in [-0.2, 0) is 0 Å². The molecule has 11 heavy (non-hydrogen) atoms. The largest absolute Gasteiger partial charge is 0.393 e. The lowest BCUT2D eigenvalue weighted by Crippen LogP contribution is -2.41. The third-order valence-electron chi connectivity index (χ3n) is 3.21. The van der Waals surface area contributed by atoms with E-state index in [0.717, 1.165) is 13.0 Å². The van der Waals surface area contributed by atoms with Gasteiger partial charge in [0.05, 0.1) is 6.10 Å². The Bertz CT molecular complexity index is 156. The van der Waals surface area contributed by atoms with Crippen LogP contribution in [0.3, 0.4) is 0 Å². The number of hydrogen-bond donors (Lipinski definition) is 1. The molecule has 2 aliphatic rings. The number of likely N-dealkylation sites (tertiary alicyclic amines) is 1. The van der Waals surface area contributed by atoms with Gasteiger partial charge in [-0.05, 0) is 32.6 Å². The molecule has 0 aromatic carbocycles. The van der Waals surface area contributed by atoms with Crippen LogP contribution >= 0.6 is 0 Å². The second-order valence-corrected chi connectivity index (χ2v) is 4.24. The maximum absolute atomic E-state index is 9.49. The van der Waals surface area contributed by atoms with Crippen molar-refractivity contribution in [3.63, 3.8) is 0 Å². The van der Waals surface area contributed by atoms with Crippen molar-refractivity contribution in [2.75, 3.05) is 6.54 Å². The van der Waals surface area contributed by atoms with Crippen molar-refractivity contribution in [1.29, 1.82) is 0 Å². The first-order valence-electron chi connectivity index (χ1n) is 4.62. The third kappa shape index (κ3) is 1.09. The van der Waals surface area contributed by atoms with E-state index >= 15 is 0 Å². The minimum Gasteiger partial charge on any atom is -0.393 e. The quantitative estimate of drug-likeness (QED) is 0.607. The van der Waals surface area contributed by atoms with Gasteiger partial charge < -0.3 is 5.11 Å². The van der Waals surface area contributed by atoms with Gasteiger partial charge in [-0.3, -0.25) is 4.90 Å². The highest BCUT2D eigenvalue weighted by Gasteiger charge is 2.44. The Hall–Kier alpha value is -0.0800. The van der Waals surface area contributed by atoms with Gasteiger partial charge >= 0.3 is 0 Å². The normalized spacial score (nSPS) is 44.2. The summed E-state index contributed by atoms with van der Waals surface area (Å²) in [4.78, 5) is 2.53. The van der Waals surface area contributed by atoms with Crippen LogP contribution in [0, 0.1) is 5.92 Å². The van der Waals surface area contributed by atoms with E-state index in [1.54, 1.807) is 0 Å². The summed E-state index contributed by atoms with van der Waals surface area (Å²) in [6.45, 7) is 5.61. The molecule has 0 aromatic rings. The molecule has 64 valence electrons. The van der Waals surface area contributed by atoms with Crippen molar-refractivity contribution < 1.29 is 5.11 Å². The smallest absolute Gasteiger partial charge is 0.0596 e. The molecule has 2 rings (SSSR count). The summed E-state index contributed by atoms with van der Waals surface area (Å²) in [6.07, 6.45) is 2.26. The van der Waals surface area contributed by atoms with Gasteiger partial charge in [-0.1, -0.05) is 0 Å². The van der Waals surface area contributed by atoms with Gasteiger partial charge in [0.15, 0.2) is 0 Å². The van der Waals surface area contributed by atoms with Crippen molar-refractivity contribution in [2.24, 2.45) is 5.92 Å². The monoisotopic (exact) mass is 155 g/mol. The molecule has 2 bridgehead atoms. The number of aliphatic hydroxyl groups is 1. The fourth-order valence-corrected chi connectivity index (χ4v) is 2.59. The fraction of sp³-hybridized carbons (Fsp3) is 1.00. The highest BCUT2D eigenvalue weighted by atomic mass is 16.3. The second-order valence-electron chi connectivity index (χ2n) is 4.24. The third-order valence-corrected chi connectivity index (χ3v) is 3.21. The van der Waals surface area contributed by atoms with E-state index in [0.29, 0.717) is 18.0 Å². The van der Waals surface area contributed by atoms with Crippen molar-refractivity contribution in [1.82, 2.24) is 4.90 Å². The molecule has 2 fully saturated rings. The Morgan fingerprint density at radius 2 is 2.09 bits per heavy atom. The van der Waals surface area contributed by atoms with Crippen LogP contribution in [0.4, 0.5) is 0 Å². The summed E-state index contributed by atoms with van der Waals surface area (Å²) in [7, 11) is 0. The van der Waals surface area contributed by atoms with Crippen LogP contribution in [0.1, 0.15) is 26.7 Å². The molecule has 0 amide bonds. The van der Waals surface area contributed by atoms with Crippen LogP contribution in [-0.4, -0.2) is 34.7 Å². The standard InChI is InChI=1S/C9H17NO/c1-6(2)10-5-7-3-8(10)4-9(7)11/h6-9,11H,3-5H2,1-2H3/t7-,8-,9?/m0/s1. The molecule has 1 aliphatic carbocycles. The lowest BCUT2D eigenvalue weighted by atomic mass is 10.1. The minimum atomic E-state index is 0.00926. The molecular formula is C9H17NO. The molecule has 2 heteroatoms. The van der Waals surface area contributed by atoms with Crippen molar-refractivity contribution in [2.45, 2.75) is 44.9 Å². The van der Waals surface area contributed by atoms with Crippen LogP contribution in [0.25, 0.3) is 0 Å². The Balaban J connectivity index is 2.02. The number of fused-ring (bicyclic) bond motifs is 2. The molecule has 1 aliphatic heterocycles. The lowest BCUT2D eigenvalue weighted by Gasteiger charge is -2.32. The zero-order chi connectivity index (χ0) is 8.01. The Morgan fingerprint density at radius 3 is 2.45 bits per heavy atom. The predicted molar refractivity (Wildman–Crippen MR) is 44.4 cm³/mol. The molecule has 1 saturated heterocycles. The molecule has 1 unspecified atom stereocenters. The predicted octanol–water partition coefficient (Wildman–Crippen LogP) is 0.850. The van der Waals surface area contributed by atoms with E-state index in [-0.39, 0.29) is 6.10 Å². The Kier molecular flexibility index (Phi) is 1.69. The van der Waals surface area contributed by atoms with Crippen LogP contribution in [0.15, 0.2) is 0 Å². The first-order valence-corrected chi connectivity index (χ1v) is 4.62. The second kappa shape index (κ2) is 2.46. The van der Waals surface area contributed by atoms with Gasteiger partial charge in [-0.15, -0.1) is 0 Å². The van der Waals surface area contributed by atoms with Gasteiger partial charge in [0.1, 0.15) is 0 Å². The van der Waals surface area contributed by atoms with Crippen LogP contribution < -0.4 is 0 Å². The van der Waals surface area contributed by atoms with Gasteiger partial charge in [-0.2, -0.15) is 0 Å². The highest BCUT2D eigenvalue weighted by Crippen LogP contribution is 2.38. The van der Waals surface area contributed by atoms with Crippen LogP contribution in [0.2, 0.25) is 0 Å². The van der Waals surface area contributed by atoms with E-state index in [2.05, 4.69) is 18.7 Å². The zero-order valence-electron chi connectivity index (χ0n) is 7.33. The van der Waals surface area contributed by atoms with Crippen LogP contribution in [0.5, 0.6) is 0 Å². The first kappa shape index (κ1) is 7.56. The SMILES string of the molecule is CC(C)N1C[C@@H]2C[C@H]1CC2O. The number of piperidine rings is 1. The summed E-state index contributed by atoms with van der Waals surface area (Å²) in [5, 5.41) is 9.49. The van der Waals surface area contributed by atoms with Crippen molar-refractivity contribution in [3.8, 4) is 0 Å². The molecule has 2 nitrogen and oxygen atoms in total. The maximum Gasteiger partial charge on any atom is 0.0596 e. The van der Waals surface area contributed by atoms with E-state index in [1.807, 2.05) is 0 Å². The number of aliphatic hydroxyl groups excluding tert-OH is 1. The van der Waals surface area contributed by atoms with Gasteiger partial charge in [0.25, 0.3) is 0 Å². The van der Waals surface area contributed by atoms with Gasteiger partial charge in [0, 0.05) is 18.6 Å². The molecule has 1 saturated carbocycles. The maximum atomic E-state index is 9.49. The topological polar surface area (TPSA) is 23.5 Å². The van der Waals surface area contributed by atoms with Gasteiger partial charge in [0.2, 0.25) is 0 Å². The summed E-state index contributed by atoms with van der Waals surface area (Å²) in [6, 6.07) is 1.35. The average Bonchev–Trinajstić information content (AvgIpc) is 2.43.